The van der Waals surface area contributed by atoms with Gasteiger partial charge in [0.05, 0.1) is 18.2 Å². The highest BCUT2D eigenvalue weighted by molar-refractivity contribution is 5.87. The standard InChI is InChI=1S/C22H34N2O4/c1-7-14(2)8-10-19-16(4)12-18(17(5)27-19)23-21(25)11-9-15(3)20-13-22(26-6)24-28-20/h7-9,11,13,15-19,22,24H,1,10,12H2,2-6H3,(H,23,25)/b11-9-,14-8+/t15?,16-,17+,18+,19-,22?/m0/s1. The lowest BCUT2D eigenvalue weighted by Crippen LogP contribution is -2.50. The number of rotatable bonds is 8. The summed E-state index contributed by atoms with van der Waals surface area (Å²) in [6, 6.07) is 0.00433. The van der Waals surface area contributed by atoms with Gasteiger partial charge in [-0.25, -0.2) is 0 Å². The van der Waals surface area contributed by atoms with Crippen molar-refractivity contribution >= 4 is 5.91 Å². The lowest BCUT2D eigenvalue weighted by Gasteiger charge is -2.39. The molecule has 2 aliphatic rings. The Morgan fingerprint density at radius 1 is 1.50 bits per heavy atom. The summed E-state index contributed by atoms with van der Waals surface area (Å²) in [4.78, 5) is 17.7. The third kappa shape index (κ3) is 6.33. The maximum absolute atomic E-state index is 12.4. The zero-order valence-electron chi connectivity index (χ0n) is 17.6. The van der Waals surface area contributed by atoms with Gasteiger partial charge in [0.15, 0.2) is 6.23 Å². The van der Waals surface area contributed by atoms with Gasteiger partial charge in [-0.15, -0.1) is 5.48 Å². The van der Waals surface area contributed by atoms with Crippen molar-refractivity contribution in [2.75, 3.05) is 7.11 Å². The number of carbonyl (C=O) groups excluding carboxylic acids is 1. The van der Waals surface area contributed by atoms with Gasteiger partial charge in [-0.2, -0.15) is 0 Å². The van der Waals surface area contributed by atoms with Crippen LogP contribution < -0.4 is 10.8 Å². The molecule has 0 spiro atoms. The fraction of sp³-hybridized carbons (Fsp3) is 0.591. The number of hydroxylamine groups is 1. The zero-order valence-corrected chi connectivity index (χ0v) is 17.6. The molecule has 2 N–H and O–H groups in total. The summed E-state index contributed by atoms with van der Waals surface area (Å²) in [5.41, 5.74) is 3.91. The largest absolute Gasteiger partial charge is 0.410 e. The van der Waals surface area contributed by atoms with E-state index in [1.54, 1.807) is 13.2 Å². The van der Waals surface area contributed by atoms with Crippen molar-refractivity contribution in [3.05, 3.63) is 48.3 Å². The van der Waals surface area contributed by atoms with E-state index >= 15 is 0 Å². The minimum atomic E-state index is -0.251. The number of nitrogens with one attached hydrogen (secondary N) is 2. The molecule has 0 aliphatic carbocycles. The van der Waals surface area contributed by atoms with Crippen molar-refractivity contribution in [2.24, 2.45) is 11.8 Å². The third-order valence-electron chi connectivity index (χ3n) is 5.39. The number of ether oxygens (including phenoxy) is 2. The number of hydrogen-bond donors (Lipinski definition) is 2. The summed E-state index contributed by atoms with van der Waals surface area (Å²) in [5, 5.41) is 3.08. The molecule has 1 amide bonds. The van der Waals surface area contributed by atoms with Gasteiger partial charge in [0.2, 0.25) is 5.91 Å². The predicted octanol–water partition coefficient (Wildman–Crippen LogP) is 3.39. The second-order valence-electron chi connectivity index (χ2n) is 7.69. The van der Waals surface area contributed by atoms with E-state index < -0.39 is 0 Å². The molecule has 2 aliphatic heterocycles. The maximum Gasteiger partial charge on any atom is 0.243 e. The van der Waals surface area contributed by atoms with Gasteiger partial charge in [0, 0.05) is 19.1 Å². The summed E-state index contributed by atoms with van der Waals surface area (Å²) < 4.78 is 11.3. The minimum absolute atomic E-state index is 0.00433. The Morgan fingerprint density at radius 2 is 2.25 bits per heavy atom. The Labute approximate surface area is 168 Å². The summed E-state index contributed by atoms with van der Waals surface area (Å²) in [5.74, 6) is 0.966. The number of allylic oxidation sites excluding steroid dienone is 3. The van der Waals surface area contributed by atoms with Crippen LogP contribution >= 0.6 is 0 Å². The highest BCUT2D eigenvalue weighted by Gasteiger charge is 2.33. The number of carbonyl (C=O) groups is 1. The van der Waals surface area contributed by atoms with Crippen molar-refractivity contribution in [2.45, 2.75) is 65.0 Å². The Balaban J connectivity index is 1.84. The van der Waals surface area contributed by atoms with E-state index in [1.165, 1.54) is 0 Å². The molecule has 2 unspecified atom stereocenters. The van der Waals surface area contributed by atoms with E-state index in [9.17, 15) is 4.79 Å². The fourth-order valence-electron chi connectivity index (χ4n) is 3.36. The second-order valence-corrected chi connectivity index (χ2v) is 7.69. The highest BCUT2D eigenvalue weighted by Crippen LogP contribution is 2.28. The summed E-state index contributed by atoms with van der Waals surface area (Å²) >= 11 is 0. The molecule has 6 heteroatoms. The highest BCUT2D eigenvalue weighted by atomic mass is 16.7. The van der Waals surface area contributed by atoms with Crippen molar-refractivity contribution < 1.29 is 19.1 Å². The molecule has 6 nitrogen and oxygen atoms in total. The van der Waals surface area contributed by atoms with Gasteiger partial charge < -0.3 is 19.6 Å². The van der Waals surface area contributed by atoms with Gasteiger partial charge >= 0.3 is 0 Å². The van der Waals surface area contributed by atoms with Crippen LogP contribution in [0.5, 0.6) is 0 Å². The zero-order chi connectivity index (χ0) is 20.7. The third-order valence-corrected chi connectivity index (χ3v) is 5.39. The molecule has 28 heavy (non-hydrogen) atoms. The van der Waals surface area contributed by atoms with E-state index in [0.717, 1.165) is 24.2 Å². The Hall–Kier alpha value is -1.89. The summed E-state index contributed by atoms with van der Waals surface area (Å²) in [6.07, 6.45) is 10.9. The molecule has 0 bridgehead atoms. The van der Waals surface area contributed by atoms with Gasteiger partial charge in [-0.3, -0.25) is 4.79 Å². The van der Waals surface area contributed by atoms with Crippen LogP contribution in [0.25, 0.3) is 0 Å². The molecular formula is C22H34N2O4. The number of hydrogen-bond acceptors (Lipinski definition) is 5. The summed E-state index contributed by atoms with van der Waals surface area (Å²) in [6.45, 7) is 12.0. The summed E-state index contributed by atoms with van der Waals surface area (Å²) in [7, 11) is 1.60. The van der Waals surface area contributed by atoms with Gasteiger partial charge in [-0.05, 0) is 38.7 Å². The second kappa shape index (κ2) is 10.6. The van der Waals surface area contributed by atoms with Gasteiger partial charge in [0.25, 0.3) is 0 Å². The number of methoxy groups -OCH3 is 1. The van der Waals surface area contributed by atoms with Crippen LogP contribution in [0, 0.1) is 11.8 Å². The lowest BCUT2D eigenvalue weighted by molar-refractivity contribution is -0.123. The van der Waals surface area contributed by atoms with Crippen LogP contribution in [0.3, 0.4) is 0 Å². The SMILES string of the molecule is C=C/C(C)=C/C[C@@H]1O[C@H](C)[C@H](NC(=O)/C=C\C(C)C2=CC(OC)NO2)C[C@@H]1C. The monoisotopic (exact) mass is 390 g/mol. The van der Waals surface area contributed by atoms with Crippen LogP contribution in [0.4, 0.5) is 0 Å². The first-order chi connectivity index (χ1) is 13.3. The average molecular weight is 391 g/mol. The van der Waals surface area contributed by atoms with Crippen molar-refractivity contribution in [3.8, 4) is 0 Å². The molecule has 2 rings (SSSR count). The van der Waals surface area contributed by atoms with Crippen LogP contribution in [0.2, 0.25) is 0 Å². The molecule has 156 valence electrons. The first kappa shape index (κ1) is 22.4. The Kier molecular flexibility index (Phi) is 8.48. The fourth-order valence-corrected chi connectivity index (χ4v) is 3.36. The molecule has 0 aromatic heterocycles. The van der Waals surface area contributed by atoms with Crippen molar-refractivity contribution in [3.63, 3.8) is 0 Å². The number of amides is 1. The predicted molar refractivity (Wildman–Crippen MR) is 110 cm³/mol. The first-order valence-electron chi connectivity index (χ1n) is 9.94. The molecule has 0 aromatic rings. The topological polar surface area (TPSA) is 68.8 Å². The first-order valence-corrected chi connectivity index (χ1v) is 9.94. The molecule has 2 heterocycles. The molecule has 1 fully saturated rings. The molecule has 0 saturated carbocycles. The van der Waals surface area contributed by atoms with Gasteiger partial charge in [-0.1, -0.05) is 44.2 Å². The molecular weight excluding hydrogens is 356 g/mol. The minimum Gasteiger partial charge on any atom is -0.410 e. The van der Waals surface area contributed by atoms with Crippen LogP contribution in [-0.4, -0.2) is 37.5 Å². The molecule has 0 radical (unpaired) electrons. The molecule has 1 saturated heterocycles. The Bertz CT molecular complexity index is 640. The van der Waals surface area contributed by atoms with Gasteiger partial charge in [0.1, 0.15) is 5.76 Å². The van der Waals surface area contributed by atoms with Crippen molar-refractivity contribution in [1.29, 1.82) is 0 Å². The smallest absolute Gasteiger partial charge is 0.243 e. The quantitative estimate of drug-likeness (QED) is 0.491. The van der Waals surface area contributed by atoms with E-state index in [1.807, 2.05) is 39.0 Å². The lowest BCUT2D eigenvalue weighted by atomic mass is 9.88. The Morgan fingerprint density at radius 3 is 2.89 bits per heavy atom. The van der Waals surface area contributed by atoms with Crippen LogP contribution in [0.1, 0.15) is 40.5 Å². The van der Waals surface area contributed by atoms with Crippen LogP contribution in [-0.2, 0) is 19.1 Å². The molecule has 6 atom stereocenters. The van der Waals surface area contributed by atoms with E-state index in [2.05, 4.69) is 30.4 Å². The normalized spacial score (nSPS) is 32.0. The average Bonchev–Trinajstić information content (AvgIpc) is 3.16. The van der Waals surface area contributed by atoms with Crippen LogP contribution in [0.15, 0.2) is 48.3 Å². The van der Waals surface area contributed by atoms with E-state index in [-0.39, 0.29) is 36.3 Å². The molecule has 0 aromatic carbocycles. The maximum atomic E-state index is 12.4. The van der Waals surface area contributed by atoms with E-state index in [0.29, 0.717) is 5.92 Å². The van der Waals surface area contributed by atoms with E-state index in [4.69, 9.17) is 14.3 Å². The van der Waals surface area contributed by atoms with Crippen molar-refractivity contribution in [1.82, 2.24) is 10.8 Å².